The second kappa shape index (κ2) is 13.0. The van der Waals surface area contributed by atoms with Crippen molar-refractivity contribution in [3.8, 4) is 0 Å². The zero-order valence-corrected chi connectivity index (χ0v) is 33.7. The number of hydrogen-bond donors (Lipinski definition) is 2. The standard InChI is InChI=1S/C48H53ClN2O3S/c1-44-19-16-36(52)29-46(44)22-23-48(37(30-46)43(53)39-28-34-10-6-7-11-38(34)55-39)40(44)17-20-45(2)41(48)18-21-47(45,54)31-50-24-26-51(27-25-50)42(32-8-4-3-5-9-32)33-12-14-35(49)15-13-33/h3-15,22-23,28,30,36,40-42,52,54H,16-21,24-27,29,31H2,1-2H3. The number of carbonyl (C=O) groups is 1. The molecule has 0 amide bonds. The maximum absolute atomic E-state index is 15.1. The van der Waals surface area contributed by atoms with Crippen LogP contribution in [0.3, 0.4) is 0 Å². The zero-order chi connectivity index (χ0) is 37.8. The quantitative estimate of drug-likeness (QED) is 0.145. The fourth-order valence-electron chi connectivity index (χ4n) is 13.3. The summed E-state index contributed by atoms with van der Waals surface area (Å²) >= 11 is 7.92. The lowest BCUT2D eigenvalue weighted by Gasteiger charge is -2.71. The molecule has 7 aliphatic rings. The van der Waals surface area contributed by atoms with E-state index in [9.17, 15) is 10.2 Å². The van der Waals surface area contributed by atoms with E-state index in [-0.39, 0.29) is 40.1 Å². The number of rotatable bonds is 7. The monoisotopic (exact) mass is 772 g/mol. The Morgan fingerprint density at radius 2 is 1.51 bits per heavy atom. The summed E-state index contributed by atoms with van der Waals surface area (Å²) in [4.78, 5) is 21.0. The van der Waals surface area contributed by atoms with Crippen molar-refractivity contribution in [2.24, 2.45) is 33.5 Å². The highest BCUT2D eigenvalue weighted by Gasteiger charge is 2.74. The van der Waals surface area contributed by atoms with E-state index in [1.165, 1.54) is 11.1 Å². The summed E-state index contributed by atoms with van der Waals surface area (Å²) in [6.45, 7) is 9.11. The normalized spacial score (nSPS) is 37.6. The van der Waals surface area contributed by atoms with E-state index in [4.69, 9.17) is 11.6 Å². The number of hydrogen-bond acceptors (Lipinski definition) is 6. The number of aliphatic hydroxyl groups is 2. The predicted molar refractivity (Wildman–Crippen MR) is 222 cm³/mol. The summed E-state index contributed by atoms with van der Waals surface area (Å²) < 4.78 is 1.14. The molecule has 2 N–H and O–H groups in total. The van der Waals surface area contributed by atoms with Crippen molar-refractivity contribution < 1.29 is 15.0 Å². The average Bonchev–Trinajstić information content (AvgIpc) is 3.75. The molecule has 2 bridgehead atoms. The van der Waals surface area contributed by atoms with Gasteiger partial charge in [-0.15, -0.1) is 11.3 Å². The van der Waals surface area contributed by atoms with Crippen LogP contribution >= 0.6 is 22.9 Å². The van der Waals surface area contributed by atoms with Crippen molar-refractivity contribution in [3.63, 3.8) is 0 Å². The molecule has 1 aliphatic heterocycles. The van der Waals surface area contributed by atoms with Gasteiger partial charge in [-0.05, 0) is 103 Å². The van der Waals surface area contributed by atoms with E-state index in [0.717, 1.165) is 90.3 Å². The summed E-state index contributed by atoms with van der Waals surface area (Å²) in [5, 5.41) is 26.1. The second-order valence-electron chi connectivity index (χ2n) is 18.5. The number of nitrogens with zero attached hydrogens (tertiary/aromatic N) is 2. The second-order valence-corrected chi connectivity index (χ2v) is 20.0. The molecule has 286 valence electrons. The van der Waals surface area contributed by atoms with Crippen molar-refractivity contribution in [2.75, 3.05) is 32.7 Å². The van der Waals surface area contributed by atoms with Gasteiger partial charge in [0, 0.05) is 64.3 Å². The zero-order valence-electron chi connectivity index (χ0n) is 32.1. The van der Waals surface area contributed by atoms with Crippen molar-refractivity contribution >= 4 is 38.8 Å². The van der Waals surface area contributed by atoms with Gasteiger partial charge in [0.05, 0.1) is 22.6 Å². The van der Waals surface area contributed by atoms with Gasteiger partial charge >= 0.3 is 0 Å². The average molecular weight is 773 g/mol. The first-order valence-electron chi connectivity index (χ1n) is 20.6. The van der Waals surface area contributed by atoms with E-state index in [1.807, 2.05) is 24.3 Å². The maximum Gasteiger partial charge on any atom is 0.199 e. The Kier molecular flexibility index (Phi) is 8.54. The first-order chi connectivity index (χ1) is 26.5. The van der Waals surface area contributed by atoms with Gasteiger partial charge in [-0.2, -0.15) is 0 Å². The number of thiophene rings is 1. The van der Waals surface area contributed by atoms with Crippen molar-refractivity contribution in [1.82, 2.24) is 9.80 Å². The lowest BCUT2D eigenvalue weighted by molar-refractivity contribution is -0.177. The van der Waals surface area contributed by atoms with E-state index in [0.29, 0.717) is 18.9 Å². The van der Waals surface area contributed by atoms with Crippen molar-refractivity contribution in [1.29, 1.82) is 0 Å². The van der Waals surface area contributed by atoms with Gasteiger partial charge < -0.3 is 10.2 Å². The van der Waals surface area contributed by atoms with E-state index in [2.05, 4.69) is 103 Å². The third kappa shape index (κ3) is 5.27. The minimum atomic E-state index is -0.857. The molecule has 6 aliphatic carbocycles. The lowest BCUT2D eigenvalue weighted by atomic mass is 9.32. The first kappa shape index (κ1) is 36.3. The molecule has 0 radical (unpaired) electrons. The molecule has 2 heterocycles. The maximum atomic E-state index is 15.1. The third-order valence-corrected chi connectivity index (χ3v) is 17.5. The van der Waals surface area contributed by atoms with Crippen LogP contribution in [0.15, 0.2) is 109 Å². The minimum Gasteiger partial charge on any atom is -0.393 e. The minimum absolute atomic E-state index is 0.0390. The molecule has 1 saturated heterocycles. The highest BCUT2D eigenvalue weighted by Crippen LogP contribution is 2.78. The van der Waals surface area contributed by atoms with E-state index >= 15 is 4.79 Å². The Morgan fingerprint density at radius 1 is 0.836 bits per heavy atom. The Bertz CT molecular complexity index is 2160. The fraction of sp³-hybridized carbons (Fsp3) is 0.479. The van der Waals surface area contributed by atoms with Gasteiger partial charge in [0.1, 0.15) is 0 Å². The van der Waals surface area contributed by atoms with Crippen LogP contribution in [0, 0.1) is 33.5 Å². The number of Topliss-reactive ketones (excluding diaryl/α,β-unsaturated/α-hetero) is 1. The van der Waals surface area contributed by atoms with Gasteiger partial charge in [0.25, 0.3) is 0 Å². The molecular weight excluding hydrogens is 720 g/mol. The number of β-amino-alcohol motifs (C(OH)–C–C–N with tert-alkyl or cyclic N) is 1. The number of benzene rings is 3. The number of halogens is 1. The number of aliphatic hydroxyl groups excluding tert-OH is 1. The van der Waals surface area contributed by atoms with Crippen LogP contribution in [0.2, 0.25) is 5.02 Å². The molecule has 9 atom stereocenters. The molecule has 9 unspecified atom stereocenters. The molecule has 4 fully saturated rings. The third-order valence-electron chi connectivity index (χ3n) is 16.2. The molecule has 2 spiro atoms. The highest BCUT2D eigenvalue weighted by atomic mass is 35.5. The van der Waals surface area contributed by atoms with Crippen LogP contribution in [-0.2, 0) is 0 Å². The number of piperazine rings is 1. The highest BCUT2D eigenvalue weighted by molar-refractivity contribution is 7.21. The van der Waals surface area contributed by atoms with Crippen LogP contribution in [0.25, 0.3) is 10.1 Å². The fourth-order valence-corrected chi connectivity index (χ4v) is 14.4. The smallest absolute Gasteiger partial charge is 0.199 e. The van der Waals surface area contributed by atoms with E-state index in [1.54, 1.807) is 11.3 Å². The van der Waals surface area contributed by atoms with E-state index < -0.39 is 11.0 Å². The summed E-state index contributed by atoms with van der Waals surface area (Å²) in [5.74, 6) is 0.601. The Labute approximate surface area is 334 Å². The number of allylic oxidation sites excluding steroid dienone is 4. The number of ketones is 1. The molecule has 3 aromatic carbocycles. The van der Waals surface area contributed by atoms with Crippen LogP contribution in [0.4, 0.5) is 0 Å². The SMILES string of the molecule is CC12CCC(O)CC13C=CC1(C(C(=O)c4cc5ccccc5s4)=C3)C2CCC2(C)C1CCC2(O)CN1CCN(C(c2ccccc2)c2ccc(Cl)cc2)CC1. The van der Waals surface area contributed by atoms with Crippen LogP contribution in [-0.4, -0.2) is 70.2 Å². The van der Waals surface area contributed by atoms with Crippen molar-refractivity contribution in [2.45, 2.75) is 76.5 Å². The lowest BCUT2D eigenvalue weighted by Crippen LogP contribution is -2.67. The molecule has 4 aromatic rings. The van der Waals surface area contributed by atoms with Crippen LogP contribution in [0.1, 0.15) is 85.6 Å². The molecule has 5 nitrogen and oxygen atoms in total. The molecule has 7 heteroatoms. The summed E-state index contributed by atoms with van der Waals surface area (Å²) in [5.41, 5.74) is 1.47. The van der Waals surface area contributed by atoms with Gasteiger partial charge in [0.15, 0.2) is 5.78 Å². The van der Waals surface area contributed by atoms with Crippen LogP contribution in [0.5, 0.6) is 0 Å². The molecule has 55 heavy (non-hydrogen) atoms. The Morgan fingerprint density at radius 3 is 2.27 bits per heavy atom. The Balaban J connectivity index is 0.956. The summed E-state index contributed by atoms with van der Waals surface area (Å²) in [6, 6.07) is 29.6. The van der Waals surface area contributed by atoms with Crippen molar-refractivity contribution in [3.05, 3.63) is 130 Å². The largest absolute Gasteiger partial charge is 0.393 e. The first-order valence-corrected chi connectivity index (χ1v) is 21.8. The molecular formula is C48H53ClN2O3S. The number of fused-ring (bicyclic) bond motifs is 2. The molecule has 3 saturated carbocycles. The summed E-state index contributed by atoms with van der Waals surface area (Å²) in [6.07, 6.45) is 12.9. The molecule has 1 aromatic heterocycles. The van der Waals surface area contributed by atoms with Crippen LogP contribution < -0.4 is 0 Å². The van der Waals surface area contributed by atoms with Gasteiger partial charge in [-0.3, -0.25) is 14.6 Å². The predicted octanol–water partition coefficient (Wildman–Crippen LogP) is 9.74. The van der Waals surface area contributed by atoms with Gasteiger partial charge in [0.2, 0.25) is 0 Å². The topological polar surface area (TPSA) is 64.0 Å². The number of carbonyl (C=O) groups excluding carboxylic acids is 1. The Hall–Kier alpha value is -3.10. The van der Waals surface area contributed by atoms with Gasteiger partial charge in [-0.1, -0.05) is 104 Å². The molecule has 11 rings (SSSR count). The van der Waals surface area contributed by atoms with Gasteiger partial charge in [-0.25, -0.2) is 0 Å². The summed E-state index contributed by atoms with van der Waals surface area (Å²) in [7, 11) is 0.